The van der Waals surface area contributed by atoms with E-state index in [2.05, 4.69) is 4.74 Å². The molecular formula is C12H16F3NO2. The summed E-state index contributed by atoms with van der Waals surface area (Å²) < 4.78 is 44.8. The first-order chi connectivity index (χ1) is 8.37. The summed E-state index contributed by atoms with van der Waals surface area (Å²) >= 11 is 0. The van der Waals surface area contributed by atoms with Crippen molar-refractivity contribution in [2.75, 3.05) is 13.4 Å². The predicted octanol–water partition coefficient (Wildman–Crippen LogP) is 2.49. The molecule has 0 aliphatic heterocycles. The zero-order valence-electron chi connectivity index (χ0n) is 10.0. The quantitative estimate of drug-likeness (QED) is 0.633. The average molecular weight is 263 g/mol. The van der Waals surface area contributed by atoms with Crippen molar-refractivity contribution in [2.24, 2.45) is 5.73 Å². The van der Waals surface area contributed by atoms with Gasteiger partial charge in [-0.15, -0.1) is 0 Å². The molecule has 3 nitrogen and oxygen atoms in total. The summed E-state index contributed by atoms with van der Waals surface area (Å²) in [7, 11) is 0. The Kier molecular flexibility index (Phi) is 5.43. The monoisotopic (exact) mass is 263 g/mol. The second-order valence-corrected chi connectivity index (χ2v) is 4.05. The molecule has 1 aromatic rings. The van der Waals surface area contributed by atoms with E-state index < -0.39 is 19.6 Å². The lowest BCUT2D eigenvalue weighted by Gasteiger charge is -2.11. The number of benzene rings is 1. The fourth-order valence-electron chi connectivity index (χ4n) is 1.40. The maximum absolute atomic E-state index is 11.8. The van der Waals surface area contributed by atoms with Gasteiger partial charge in [-0.2, -0.15) is 13.2 Å². The molecule has 0 saturated heterocycles. The smallest absolute Gasteiger partial charge is 0.411 e. The summed E-state index contributed by atoms with van der Waals surface area (Å²) in [5.41, 5.74) is 6.62. The van der Waals surface area contributed by atoms with Crippen molar-refractivity contribution in [2.45, 2.75) is 25.6 Å². The number of rotatable bonds is 6. The Bertz CT molecular complexity index is 367. The Morgan fingerprint density at radius 3 is 2.67 bits per heavy atom. The van der Waals surface area contributed by atoms with Gasteiger partial charge in [0.2, 0.25) is 0 Å². The van der Waals surface area contributed by atoms with Gasteiger partial charge < -0.3 is 15.2 Å². The standard InChI is InChI=1S/C12H16F3NO2/c1-9(16)5-10-3-2-4-11(6-10)18-8-17-7-12(13,14)15/h2-4,6,9H,5,7-8,16H2,1H3. The third-order valence-electron chi connectivity index (χ3n) is 2.03. The van der Waals surface area contributed by atoms with E-state index in [4.69, 9.17) is 10.5 Å². The van der Waals surface area contributed by atoms with Gasteiger partial charge in [0, 0.05) is 6.04 Å². The van der Waals surface area contributed by atoms with E-state index in [-0.39, 0.29) is 6.04 Å². The van der Waals surface area contributed by atoms with Crippen molar-refractivity contribution in [1.82, 2.24) is 0 Å². The molecule has 0 aliphatic rings. The van der Waals surface area contributed by atoms with E-state index in [0.29, 0.717) is 12.2 Å². The van der Waals surface area contributed by atoms with Crippen molar-refractivity contribution >= 4 is 0 Å². The number of hydrogen-bond donors (Lipinski definition) is 1. The van der Waals surface area contributed by atoms with Gasteiger partial charge in [0.25, 0.3) is 0 Å². The molecule has 18 heavy (non-hydrogen) atoms. The Hall–Kier alpha value is -1.27. The molecule has 6 heteroatoms. The largest absolute Gasteiger partial charge is 0.468 e. The van der Waals surface area contributed by atoms with Gasteiger partial charge in [-0.25, -0.2) is 0 Å². The summed E-state index contributed by atoms with van der Waals surface area (Å²) in [6.07, 6.45) is -3.65. The van der Waals surface area contributed by atoms with Crippen molar-refractivity contribution in [3.8, 4) is 5.75 Å². The number of alkyl halides is 3. The Labute approximate surface area is 104 Å². The van der Waals surface area contributed by atoms with E-state index >= 15 is 0 Å². The van der Waals surface area contributed by atoms with Gasteiger partial charge in [0.05, 0.1) is 0 Å². The molecule has 1 rings (SSSR count). The molecule has 0 spiro atoms. The summed E-state index contributed by atoms with van der Waals surface area (Å²) in [6, 6.07) is 7.05. The van der Waals surface area contributed by atoms with Crippen molar-refractivity contribution in [1.29, 1.82) is 0 Å². The summed E-state index contributed by atoms with van der Waals surface area (Å²) in [6.45, 7) is 0.133. The van der Waals surface area contributed by atoms with Crippen LogP contribution in [0.4, 0.5) is 13.2 Å². The number of hydrogen-bond acceptors (Lipinski definition) is 3. The molecule has 0 aliphatic carbocycles. The number of ether oxygens (including phenoxy) is 2. The van der Waals surface area contributed by atoms with E-state index in [1.165, 1.54) is 0 Å². The molecule has 0 amide bonds. The van der Waals surface area contributed by atoms with Crippen LogP contribution in [0, 0.1) is 0 Å². The van der Waals surface area contributed by atoms with Crippen LogP contribution in [0.3, 0.4) is 0 Å². The highest BCUT2D eigenvalue weighted by molar-refractivity contribution is 5.28. The molecule has 0 heterocycles. The molecular weight excluding hydrogens is 247 g/mol. The Balaban J connectivity index is 2.38. The fraction of sp³-hybridized carbons (Fsp3) is 0.500. The lowest BCUT2D eigenvalue weighted by molar-refractivity contribution is -0.186. The first-order valence-corrected chi connectivity index (χ1v) is 5.48. The SMILES string of the molecule is CC(N)Cc1cccc(OCOCC(F)(F)F)c1. The van der Waals surface area contributed by atoms with E-state index in [0.717, 1.165) is 5.56 Å². The van der Waals surface area contributed by atoms with Gasteiger partial charge in [-0.1, -0.05) is 12.1 Å². The molecule has 0 fully saturated rings. The number of nitrogens with two attached hydrogens (primary N) is 1. The van der Waals surface area contributed by atoms with Crippen molar-refractivity contribution < 1.29 is 22.6 Å². The third-order valence-corrected chi connectivity index (χ3v) is 2.03. The molecule has 1 unspecified atom stereocenters. The van der Waals surface area contributed by atoms with Crippen LogP contribution < -0.4 is 10.5 Å². The zero-order valence-corrected chi connectivity index (χ0v) is 10.0. The molecule has 0 saturated carbocycles. The number of halogens is 3. The van der Waals surface area contributed by atoms with Crippen LogP contribution in [0.1, 0.15) is 12.5 Å². The van der Waals surface area contributed by atoms with Crippen molar-refractivity contribution in [3.05, 3.63) is 29.8 Å². The topological polar surface area (TPSA) is 44.5 Å². The van der Waals surface area contributed by atoms with Crippen LogP contribution in [-0.2, 0) is 11.2 Å². The fourth-order valence-corrected chi connectivity index (χ4v) is 1.40. The van der Waals surface area contributed by atoms with Crippen LogP contribution in [0.2, 0.25) is 0 Å². The van der Waals surface area contributed by atoms with E-state index in [1.807, 2.05) is 13.0 Å². The van der Waals surface area contributed by atoms with E-state index in [9.17, 15) is 13.2 Å². The highest BCUT2D eigenvalue weighted by Crippen LogP contribution is 2.16. The molecule has 0 radical (unpaired) electrons. The van der Waals surface area contributed by atoms with Crippen LogP contribution >= 0.6 is 0 Å². The summed E-state index contributed by atoms with van der Waals surface area (Å²) in [4.78, 5) is 0. The molecule has 102 valence electrons. The van der Waals surface area contributed by atoms with Crippen molar-refractivity contribution in [3.63, 3.8) is 0 Å². The molecule has 2 N–H and O–H groups in total. The third kappa shape index (κ3) is 6.46. The van der Waals surface area contributed by atoms with Crippen LogP contribution in [-0.4, -0.2) is 25.6 Å². The van der Waals surface area contributed by atoms with Gasteiger partial charge in [-0.3, -0.25) is 0 Å². The first kappa shape index (κ1) is 14.8. The highest BCUT2D eigenvalue weighted by Gasteiger charge is 2.27. The van der Waals surface area contributed by atoms with Crippen LogP contribution in [0.5, 0.6) is 5.75 Å². The summed E-state index contributed by atoms with van der Waals surface area (Å²) in [5.74, 6) is 0.468. The van der Waals surface area contributed by atoms with Gasteiger partial charge in [0.1, 0.15) is 12.4 Å². The Morgan fingerprint density at radius 1 is 1.33 bits per heavy atom. The average Bonchev–Trinajstić information content (AvgIpc) is 2.23. The van der Waals surface area contributed by atoms with E-state index in [1.54, 1.807) is 18.2 Å². The molecule has 1 aromatic carbocycles. The van der Waals surface area contributed by atoms with Crippen LogP contribution in [0.15, 0.2) is 24.3 Å². The normalized spacial score (nSPS) is 13.4. The lowest BCUT2D eigenvalue weighted by atomic mass is 10.1. The maximum Gasteiger partial charge on any atom is 0.411 e. The minimum absolute atomic E-state index is 0.0155. The summed E-state index contributed by atoms with van der Waals surface area (Å²) in [5, 5.41) is 0. The second-order valence-electron chi connectivity index (χ2n) is 4.05. The molecule has 0 aromatic heterocycles. The highest BCUT2D eigenvalue weighted by atomic mass is 19.4. The molecule has 0 bridgehead atoms. The predicted molar refractivity (Wildman–Crippen MR) is 61.3 cm³/mol. The zero-order chi connectivity index (χ0) is 13.6. The van der Waals surface area contributed by atoms with Gasteiger partial charge in [0.15, 0.2) is 6.79 Å². The maximum atomic E-state index is 11.8. The Morgan fingerprint density at radius 2 is 2.06 bits per heavy atom. The molecule has 1 atom stereocenters. The minimum Gasteiger partial charge on any atom is -0.468 e. The minimum atomic E-state index is -4.33. The van der Waals surface area contributed by atoms with Crippen LogP contribution in [0.25, 0.3) is 0 Å². The second kappa shape index (κ2) is 6.61. The van der Waals surface area contributed by atoms with Gasteiger partial charge in [-0.05, 0) is 31.0 Å². The lowest BCUT2D eigenvalue weighted by Crippen LogP contribution is -2.19. The van der Waals surface area contributed by atoms with Gasteiger partial charge >= 0.3 is 6.18 Å². The first-order valence-electron chi connectivity index (χ1n) is 5.48.